The molecule has 5 heteroatoms. The highest BCUT2D eigenvalue weighted by Gasteiger charge is 2.21. The van der Waals surface area contributed by atoms with Gasteiger partial charge in [0, 0.05) is 67.3 Å². The van der Waals surface area contributed by atoms with E-state index in [0.29, 0.717) is 0 Å². The smallest absolute Gasteiger partial charge is 0.128 e. The normalized spacial score (nSPS) is 13.8. The fourth-order valence-corrected chi connectivity index (χ4v) is 4.21. The van der Waals surface area contributed by atoms with Crippen molar-refractivity contribution in [2.24, 2.45) is 0 Å². The summed E-state index contributed by atoms with van der Waals surface area (Å²) in [4.78, 5) is 11.9. The molecule has 0 spiro atoms. The summed E-state index contributed by atoms with van der Waals surface area (Å²) < 4.78 is 2.00. The van der Waals surface area contributed by atoms with Crippen LogP contribution < -0.4 is 0 Å². The van der Waals surface area contributed by atoms with Gasteiger partial charge in [0.05, 0.1) is 11.4 Å². The summed E-state index contributed by atoms with van der Waals surface area (Å²) >= 11 is 0. The number of hydrogen-bond acceptors (Lipinski definition) is 4. The zero-order valence-electron chi connectivity index (χ0n) is 17.9. The van der Waals surface area contributed by atoms with Crippen molar-refractivity contribution in [3.8, 4) is 16.9 Å². The van der Waals surface area contributed by atoms with Gasteiger partial charge in [0.2, 0.25) is 0 Å². The summed E-state index contributed by atoms with van der Waals surface area (Å²) in [6.45, 7) is 4.91. The van der Waals surface area contributed by atoms with Crippen LogP contribution in [0.3, 0.4) is 0 Å². The van der Waals surface area contributed by atoms with Crippen LogP contribution in [0.15, 0.2) is 73.1 Å². The Bertz CT molecular complexity index is 1150. The second-order valence-electron chi connectivity index (χ2n) is 8.12. The van der Waals surface area contributed by atoms with Crippen LogP contribution in [0, 0.1) is 0 Å². The molecular weight excluding hydrogens is 382 g/mol. The predicted octanol–water partition coefficient (Wildman–Crippen LogP) is 4.84. The lowest BCUT2D eigenvalue weighted by Crippen LogP contribution is -2.31. The average molecular weight is 410 g/mol. The quantitative estimate of drug-likeness (QED) is 0.457. The van der Waals surface area contributed by atoms with E-state index in [9.17, 15) is 0 Å². The molecule has 5 nitrogen and oxygen atoms in total. The largest absolute Gasteiger partial charge is 0.294 e. The monoisotopic (exact) mass is 409 g/mol. The highest BCUT2D eigenvalue weighted by Crippen LogP contribution is 2.27. The van der Waals surface area contributed by atoms with Gasteiger partial charge in [-0.2, -0.15) is 5.10 Å². The number of benzene rings is 2. The zero-order valence-corrected chi connectivity index (χ0v) is 17.9. The van der Waals surface area contributed by atoms with Crippen molar-refractivity contribution in [2.45, 2.75) is 39.3 Å². The van der Waals surface area contributed by atoms with E-state index in [2.05, 4.69) is 59.4 Å². The van der Waals surface area contributed by atoms with Crippen molar-refractivity contribution in [3.63, 3.8) is 0 Å². The molecule has 31 heavy (non-hydrogen) atoms. The second-order valence-corrected chi connectivity index (χ2v) is 8.12. The Morgan fingerprint density at radius 1 is 0.968 bits per heavy atom. The van der Waals surface area contributed by atoms with Gasteiger partial charge in [0.25, 0.3) is 0 Å². The summed E-state index contributed by atoms with van der Waals surface area (Å²) in [7, 11) is 0. The van der Waals surface area contributed by atoms with Gasteiger partial charge in [-0.15, -0.1) is 0 Å². The first-order valence-corrected chi connectivity index (χ1v) is 11.1. The number of aromatic nitrogens is 4. The summed E-state index contributed by atoms with van der Waals surface area (Å²) in [6, 6.07) is 20.8. The fourth-order valence-electron chi connectivity index (χ4n) is 4.21. The second kappa shape index (κ2) is 8.82. The molecule has 0 unspecified atom stereocenters. The zero-order chi connectivity index (χ0) is 21.0. The third-order valence-corrected chi connectivity index (χ3v) is 5.79. The Morgan fingerprint density at radius 2 is 1.74 bits per heavy atom. The molecule has 2 aromatic heterocycles. The minimum Gasteiger partial charge on any atom is -0.294 e. The lowest BCUT2D eigenvalue weighted by Gasteiger charge is -2.28. The van der Waals surface area contributed by atoms with E-state index in [1.54, 1.807) is 0 Å². The molecule has 0 radical (unpaired) electrons. The third kappa shape index (κ3) is 4.28. The molecule has 1 aliphatic rings. The van der Waals surface area contributed by atoms with Crippen LogP contribution >= 0.6 is 0 Å². The van der Waals surface area contributed by atoms with Gasteiger partial charge >= 0.3 is 0 Å². The number of para-hydroxylation sites is 1. The number of nitrogens with zero attached hydrogens (tertiary/aromatic N) is 5. The van der Waals surface area contributed by atoms with E-state index in [1.807, 2.05) is 35.1 Å². The molecule has 1 aliphatic heterocycles. The van der Waals surface area contributed by atoms with E-state index in [0.717, 1.165) is 61.7 Å². The van der Waals surface area contributed by atoms with Crippen molar-refractivity contribution >= 4 is 0 Å². The van der Waals surface area contributed by atoms with E-state index in [-0.39, 0.29) is 0 Å². The Morgan fingerprint density at radius 3 is 2.52 bits per heavy atom. The first-order valence-electron chi connectivity index (χ1n) is 11.1. The molecule has 2 aromatic carbocycles. The number of aryl methyl sites for hydroxylation is 1. The van der Waals surface area contributed by atoms with Gasteiger partial charge < -0.3 is 0 Å². The van der Waals surface area contributed by atoms with Crippen molar-refractivity contribution in [1.29, 1.82) is 0 Å². The van der Waals surface area contributed by atoms with E-state index in [4.69, 9.17) is 10.1 Å². The molecule has 0 fully saturated rings. The molecule has 0 aliphatic carbocycles. The summed E-state index contributed by atoms with van der Waals surface area (Å²) in [5, 5.41) is 4.96. The maximum Gasteiger partial charge on any atom is 0.128 e. The van der Waals surface area contributed by atoms with E-state index < -0.39 is 0 Å². The van der Waals surface area contributed by atoms with Crippen molar-refractivity contribution in [1.82, 2.24) is 24.6 Å². The number of fused-ring (bicyclic) bond motifs is 1. The molecule has 3 heterocycles. The Kier molecular flexibility index (Phi) is 5.59. The van der Waals surface area contributed by atoms with E-state index in [1.165, 1.54) is 16.8 Å². The van der Waals surface area contributed by atoms with Gasteiger partial charge in [0.15, 0.2) is 0 Å². The predicted molar refractivity (Wildman–Crippen MR) is 123 cm³/mol. The molecule has 0 amide bonds. The first-order chi connectivity index (χ1) is 15.3. The van der Waals surface area contributed by atoms with Crippen LogP contribution in [0.25, 0.3) is 16.9 Å². The maximum absolute atomic E-state index is 4.96. The minimum absolute atomic E-state index is 0.854. The summed E-state index contributed by atoms with van der Waals surface area (Å²) in [6.07, 6.45) is 7.22. The summed E-state index contributed by atoms with van der Waals surface area (Å²) in [5.74, 6) is 0.977. The molecule has 5 rings (SSSR count). The first kappa shape index (κ1) is 19.6. The SMILES string of the molecule is CCCc1ncc2c(n1)CCN(Cc1cn(-c3ccccc3)nc1-c1ccccc1)C2. The van der Waals surface area contributed by atoms with Gasteiger partial charge in [-0.3, -0.25) is 4.90 Å². The molecular formula is C26H27N5. The Labute approximate surface area is 183 Å². The van der Waals surface area contributed by atoms with Crippen LogP contribution in [-0.2, 0) is 25.9 Å². The van der Waals surface area contributed by atoms with E-state index >= 15 is 0 Å². The Hall–Kier alpha value is -3.31. The highest BCUT2D eigenvalue weighted by molar-refractivity contribution is 5.63. The van der Waals surface area contributed by atoms with Crippen LogP contribution in [0.2, 0.25) is 0 Å². The maximum atomic E-state index is 4.96. The number of rotatable bonds is 6. The molecule has 0 saturated carbocycles. The molecule has 0 saturated heterocycles. The molecule has 0 N–H and O–H groups in total. The van der Waals surface area contributed by atoms with Gasteiger partial charge in [-0.1, -0.05) is 55.5 Å². The third-order valence-electron chi connectivity index (χ3n) is 5.79. The lowest BCUT2D eigenvalue weighted by atomic mass is 10.0. The van der Waals surface area contributed by atoms with Gasteiger partial charge in [-0.25, -0.2) is 14.6 Å². The molecule has 4 aromatic rings. The number of hydrogen-bond donors (Lipinski definition) is 0. The fraction of sp³-hybridized carbons (Fsp3) is 0.269. The van der Waals surface area contributed by atoms with Crippen LogP contribution in [-0.4, -0.2) is 31.2 Å². The van der Waals surface area contributed by atoms with Crippen molar-refractivity contribution in [2.75, 3.05) is 6.54 Å². The van der Waals surface area contributed by atoms with Crippen LogP contribution in [0.1, 0.15) is 36.0 Å². The minimum atomic E-state index is 0.854. The van der Waals surface area contributed by atoms with Crippen LogP contribution in [0.4, 0.5) is 0 Å². The van der Waals surface area contributed by atoms with Crippen molar-refractivity contribution in [3.05, 3.63) is 95.7 Å². The molecule has 0 bridgehead atoms. The van der Waals surface area contributed by atoms with Gasteiger partial charge in [0.1, 0.15) is 5.82 Å². The Balaban J connectivity index is 1.43. The standard InChI is InChI=1S/C26H27N5/c1-2-9-25-27-16-21-17-30(15-14-24(21)28-25)18-22-19-31(23-12-7-4-8-13-23)29-26(22)20-10-5-3-6-11-20/h3-8,10-13,16,19H,2,9,14-15,17-18H2,1H3. The average Bonchev–Trinajstić information content (AvgIpc) is 3.24. The van der Waals surface area contributed by atoms with Gasteiger partial charge in [-0.05, 0) is 18.6 Å². The molecule has 0 atom stereocenters. The summed E-state index contributed by atoms with van der Waals surface area (Å²) in [5.41, 5.74) is 6.98. The highest BCUT2D eigenvalue weighted by atomic mass is 15.3. The van der Waals surface area contributed by atoms with Crippen molar-refractivity contribution < 1.29 is 0 Å². The lowest BCUT2D eigenvalue weighted by molar-refractivity contribution is 0.243. The topological polar surface area (TPSA) is 46.8 Å². The van der Waals surface area contributed by atoms with Crippen LogP contribution in [0.5, 0.6) is 0 Å². The molecule has 156 valence electrons.